The van der Waals surface area contributed by atoms with E-state index in [9.17, 15) is 5.26 Å². The Morgan fingerprint density at radius 3 is 2.57 bits per heavy atom. The molecule has 0 aliphatic rings. The summed E-state index contributed by atoms with van der Waals surface area (Å²) < 4.78 is 0. The number of hydrogen-bond donors (Lipinski definition) is 2. The van der Waals surface area contributed by atoms with Gasteiger partial charge in [-0.1, -0.05) is 19.1 Å². The predicted octanol–water partition coefficient (Wildman–Crippen LogP) is 3.39. The van der Waals surface area contributed by atoms with Crippen LogP contribution < -0.4 is 10.6 Å². The fourth-order valence-corrected chi connectivity index (χ4v) is 2.08. The Balaban J connectivity index is 2.43. The van der Waals surface area contributed by atoms with Gasteiger partial charge in [0.05, 0.1) is 11.3 Å². The molecule has 1 aromatic carbocycles. The molecule has 2 N–H and O–H groups in total. The van der Waals surface area contributed by atoms with Gasteiger partial charge in [-0.2, -0.15) is 5.26 Å². The summed E-state index contributed by atoms with van der Waals surface area (Å²) in [7, 11) is 1.85. The van der Waals surface area contributed by atoms with Crippen LogP contribution in [0.5, 0.6) is 0 Å². The van der Waals surface area contributed by atoms with Crippen LogP contribution in [0.15, 0.2) is 24.3 Å². The fourth-order valence-electron chi connectivity index (χ4n) is 2.08. The molecule has 108 valence electrons. The molecule has 5 heteroatoms. The molecule has 2 aromatic rings. The van der Waals surface area contributed by atoms with Crippen molar-refractivity contribution in [2.24, 2.45) is 0 Å². The summed E-state index contributed by atoms with van der Waals surface area (Å²) in [5, 5.41) is 15.5. The number of nitrogens with one attached hydrogen (secondary N) is 2. The van der Waals surface area contributed by atoms with Crippen LogP contribution in [0.4, 0.5) is 17.3 Å². The van der Waals surface area contributed by atoms with Gasteiger partial charge in [0.2, 0.25) is 0 Å². The molecule has 0 radical (unpaired) electrons. The summed E-state index contributed by atoms with van der Waals surface area (Å²) in [6, 6.07) is 9.58. The van der Waals surface area contributed by atoms with E-state index in [0.29, 0.717) is 5.56 Å². The molecular formula is C16H19N5. The van der Waals surface area contributed by atoms with Gasteiger partial charge in [0.15, 0.2) is 0 Å². The van der Waals surface area contributed by atoms with Gasteiger partial charge in [0, 0.05) is 19.0 Å². The van der Waals surface area contributed by atoms with Crippen LogP contribution in [0, 0.1) is 18.3 Å². The zero-order chi connectivity index (χ0) is 15.2. The molecule has 0 amide bonds. The van der Waals surface area contributed by atoms with E-state index < -0.39 is 0 Å². The summed E-state index contributed by atoms with van der Waals surface area (Å²) in [6.07, 6.45) is 1.81. The minimum atomic E-state index is 0.596. The van der Waals surface area contributed by atoms with Crippen LogP contribution in [0.2, 0.25) is 0 Å². The minimum absolute atomic E-state index is 0.596. The smallest absolute Gasteiger partial charge is 0.139 e. The van der Waals surface area contributed by atoms with Crippen molar-refractivity contribution in [1.82, 2.24) is 9.97 Å². The van der Waals surface area contributed by atoms with E-state index in [1.807, 2.05) is 32.2 Å². The maximum atomic E-state index is 9.17. The van der Waals surface area contributed by atoms with E-state index in [4.69, 9.17) is 0 Å². The molecule has 0 aliphatic heterocycles. The quantitative estimate of drug-likeness (QED) is 0.878. The Kier molecular flexibility index (Phi) is 4.72. The highest BCUT2D eigenvalue weighted by Gasteiger charge is 2.11. The molecule has 0 fully saturated rings. The Bertz CT molecular complexity index is 673. The molecule has 0 spiro atoms. The molecule has 0 aliphatic carbocycles. The second kappa shape index (κ2) is 6.71. The summed E-state index contributed by atoms with van der Waals surface area (Å²) in [5.74, 6) is 2.34. The number of hydrogen-bond acceptors (Lipinski definition) is 5. The predicted molar refractivity (Wildman–Crippen MR) is 84.8 cm³/mol. The summed E-state index contributed by atoms with van der Waals surface area (Å²) in [5.41, 5.74) is 2.29. The Hall–Kier alpha value is -2.61. The van der Waals surface area contributed by atoms with Crippen molar-refractivity contribution in [3.8, 4) is 6.07 Å². The van der Waals surface area contributed by atoms with E-state index in [2.05, 4.69) is 33.6 Å². The lowest BCUT2D eigenvalue weighted by atomic mass is 10.2. The van der Waals surface area contributed by atoms with Crippen molar-refractivity contribution in [1.29, 1.82) is 5.26 Å². The average Bonchev–Trinajstić information content (AvgIpc) is 2.51. The van der Waals surface area contributed by atoms with E-state index in [0.717, 1.165) is 41.6 Å². The second-order valence-corrected chi connectivity index (χ2v) is 4.74. The van der Waals surface area contributed by atoms with Gasteiger partial charge in [0.1, 0.15) is 23.5 Å². The van der Waals surface area contributed by atoms with Crippen molar-refractivity contribution >= 4 is 17.3 Å². The highest BCUT2D eigenvalue weighted by Crippen LogP contribution is 2.25. The molecule has 0 unspecified atom stereocenters. The van der Waals surface area contributed by atoms with Crippen LogP contribution >= 0.6 is 0 Å². The monoisotopic (exact) mass is 281 g/mol. The maximum absolute atomic E-state index is 9.17. The van der Waals surface area contributed by atoms with Crippen molar-refractivity contribution in [2.75, 3.05) is 17.7 Å². The fraction of sp³-hybridized carbons (Fsp3) is 0.312. The van der Waals surface area contributed by atoms with E-state index in [1.54, 1.807) is 6.07 Å². The molecular weight excluding hydrogens is 262 g/mol. The first-order valence-corrected chi connectivity index (χ1v) is 7.01. The average molecular weight is 281 g/mol. The zero-order valence-electron chi connectivity index (χ0n) is 12.6. The molecule has 2 rings (SSSR count). The molecule has 21 heavy (non-hydrogen) atoms. The van der Waals surface area contributed by atoms with Crippen molar-refractivity contribution in [3.05, 3.63) is 41.2 Å². The largest absolute Gasteiger partial charge is 0.373 e. The third-order valence-electron chi connectivity index (χ3n) is 3.20. The van der Waals surface area contributed by atoms with Gasteiger partial charge in [-0.15, -0.1) is 0 Å². The van der Waals surface area contributed by atoms with Crippen molar-refractivity contribution < 1.29 is 0 Å². The van der Waals surface area contributed by atoms with Gasteiger partial charge in [-0.3, -0.25) is 0 Å². The molecule has 0 saturated carbocycles. The first-order valence-electron chi connectivity index (χ1n) is 7.01. The third kappa shape index (κ3) is 3.29. The molecule has 0 atom stereocenters. The van der Waals surface area contributed by atoms with E-state index in [-0.39, 0.29) is 0 Å². The van der Waals surface area contributed by atoms with Crippen molar-refractivity contribution in [2.45, 2.75) is 26.7 Å². The van der Waals surface area contributed by atoms with Gasteiger partial charge in [-0.25, -0.2) is 9.97 Å². The normalized spacial score (nSPS) is 10.0. The number of nitrogens with zero attached hydrogens (tertiary/aromatic N) is 3. The summed E-state index contributed by atoms with van der Waals surface area (Å²) in [6.45, 7) is 4.05. The second-order valence-electron chi connectivity index (χ2n) is 4.74. The number of para-hydroxylation sites is 1. The van der Waals surface area contributed by atoms with E-state index >= 15 is 0 Å². The third-order valence-corrected chi connectivity index (χ3v) is 3.20. The summed E-state index contributed by atoms with van der Waals surface area (Å²) in [4.78, 5) is 9.07. The number of rotatable bonds is 5. The maximum Gasteiger partial charge on any atom is 0.139 e. The van der Waals surface area contributed by atoms with Gasteiger partial charge >= 0.3 is 0 Å². The van der Waals surface area contributed by atoms with Crippen LogP contribution in [0.25, 0.3) is 0 Å². The van der Waals surface area contributed by atoms with Crippen LogP contribution in [0.3, 0.4) is 0 Å². The molecule has 5 nitrogen and oxygen atoms in total. The lowest BCUT2D eigenvalue weighted by molar-refractivity contribution is 0.835. The molecule has 1 aromatic heterocycles. The highest BCUT2D eigenvalue weighted by atomic mass is 15.1. The topological polar surface area (TPSA) is 73.6 Å². The first kappa shape index (κ1) is 14.8. The number of aromatic nitrogens is 2. The Morgan fingerprint density at radius 2 is 1.90 bits per heavy atom. The lowest BCUT2D eigenvalue weighted by Gasteiger charge is -2.14. The number of anilines is 3. The number of nitriles is 1. The standard InChI is InChI=1S/C16H19N5/c1-4-7-14-20-15(18-3)11(2)16(21-14)19-13-9-6-5-8-12(13)10-17/h5-6,8-9H,4,7H2,1-3H3,(H2,18,19,20,21). The molecule has 0 bridgehead atoms. The SMILES string of the molecule is CCCc1nc(NC)c(C)c(Nc2ccccc2C#N)n1. The summed E-state index contributed by atoms with van der Waals surface area (Å²) >= 11 is 0. The minimum Gasteiger partial charge on any atom is -0.373 e. The van der Waals surface area contributed by atoms with E-state index in [1.165, 1.54) is 0 Å². The molecule has 1 heterocycles. The Labute approximate surface area is 125 Å². The first-order chi connectivity index (χ1) is 10.2. The van der Waals surface area contributed by atoms with Crippen LogP contribution in [-0.2, 0) is 6.42 Å². The van der Waals surface area contributed by atoms with Crippen molar-refractivity contribution in [3.63, 3.8) is 0 Å². The van der Waals surface area contributed by atoms with Gasteiger partial charge < -0.3 is 10.6 Å². The highest BCUT2D eigenvalue weighted by molar-refractivity contribution is 5.69. The number of aryl methyl sites for hydroxylation is 1. The zero-order valence-corrected chi connectivity index (χ0v) is 12.6. The van der Waals surface area contributed by atoms with Gasteiger partial charge in [-0.05, 0) is 25.5 Å². The lowest BCUT2D eigenvalue weighted by Crippen LogP contribution is -2.07. The Morgan fingerprint density at radius 1 is 1.19 bits per heavy atom. The van der Waals surface area contributed by atoms with Crippen LogP contribution in [0.1, 0.15) is 30.3 Å². The van der Waals surface area contributed by atoms with Crippen LogP contribution in [-0.4, -0.2) is 17.0 Å². The molecule has 0 saturated heterocycles. The van der Waals surface area contributed by atoms with Gasteiger partial charge in [0.25, 0.3) is 0 Å². The number of benzene rings is 1.